The van der Waals surface area contributed by atoms with Crippen LogP contribution in [0.25, 0.3) is 0 Å². The summed E-state index contributed by atoms with van der Waals surface area (Å²) in [6.45, 7) is 10.1. The molecule has 1 fully saturated rings. The van der Waals surface area contributed by atoms with E-state index in [2.05, 4.69) is 10.6 Å². The summed E-state index contributed by atoms with van der Waals surface area (Å²) in [5, 5.41) is 6.63. The fraction of sp³-hybridized carbons (Fsp3) is 0.579. The molecule has 0 saturated carbocycles. The molecule has 0 spiro atoms. The van der Waals surface area contributed by atoms with Gasteiger partial charge in [0.15, 0.2) is 0 Å². The molecule has 2 rings (SSSR count). The van der Waals surface area contributed by atoms with Crippen LogP contribution in [0.1, 0.15) is 31.9 Å². The van der Waals surface area contributed by atoms with E-state index in [1.165, 1.54) is 0 Å². The van der Waals surface area contributed by atoms with Crippen molar-refractivity contribution in [3.8, 4) is 0 Å². The topological polar surface area (TPSA) is 70.7 Å². The molecule has 1 aliphatic heterocycles. The molecule has 1 unspecified atom stereocenters. The fourth-order valence-corrected chi connectivity index (χ4v) is 3.09. The number of halogens is 1. The van der Waals surface area contributed by atoms with Gasteiger partial charge in [-0.1, -0.05) is 17.7 Å². The number of hydrogen-bond acceptors (Lipinski definition) is 4. The van der Waals surface area contributed by atoms with Crippen LogP contribution in [0.3, 0.4) is 0 Å². The molecule has 1 heterocycles. The van der Waals surface area contributed by atoms with Crippen LogP contribution in [0.5, 0.6) is 0 Å². The number of amides is 2. The summed E-state index contributed by atoms with van der Waals surface area (Å²) in [5.74, 6) is -0.0910. The third-order valence-corrected chi connectivity index (χ3v) is 4.38. The van der Waals surface area contributed by atoms with Crippen molar-refractivity contribution in [1.29, 1.82) is 0 Å². The molecule has 0 bridgehead atoms. The third kappa shape index (κ3) is 6.18. The van der Waals surface area contributed by atoms with Crippen molar-refractivity contribution < 1.29 is 14.3 Å². The smallest absolute Gasteiger partial charge is 0.408 e. The molecular formula is C19H28ClN3O3. The lowest BCUT2D eigenvalue weighted by Crippen LogP contribution is -2.55. The maximum absolute atomic E-state index is 13.0. The molecule has 26 heavy (non-hydrogen) atoms. The van der Waals surface area contributed by atoms with Gasteiger partial charge in [-0.05, 0) is 51.0 Å². The average Bonchev–Trinajstić information content (AvgIpc) is 2.55. The van der Waals surface area contributed by atoms with Gasteiger partial charge < -0.3 is 20.3 Å². The van der Waals surface area contributed by atoms with E-state index < -0.39 is 17.7 Å². The van der Waals surface area contributed by atoms with Crippen molar-refractivity contribution in [2.24, 2.45) is 0 Å². The second-order valence-electron chi connectivity index (χ2n) is 7.55. The van der Waals surface area contributed by atoms with E-state index >= 15 is 0 Å². The molecule has 1 atom stereocenters. The largest absolute Gasteiger partial charge is 0.444 e. The van der Waals surface area contributed by atoms with E-state index in [1.807, 2.05) is 19.1 Å². The van der Waals surface area contributed by atoms with E-state index in [1.54, 1.807) is 31.7 Å². The Morgan fingerprint density at radius 3 is 2.54 bits per heavy atom. The Morgan fingerprint density at radius 1 is 1.31 bits per heavy atom. The number of benzene rings is 1. The van der Waals surface area contributed by atoms with Crippen LogP contribution in [0, 0.1) is 6.92 Å². The lowest BCUT2D eigenvalue weighted by Gasteiger charge is -2.32. The highest BCUT2D eigenvalue weighted by atomic mass is 35.5. The quantitative estimate of drug-likeness (QED) is 0.840. The van der Waals surface area contributed by atoms with Gasteiger partial charge in [0.05, 0.1) is 0 Å². The molecule has 6 nitrogen and oxygen atoms in total. The van der Waals surface area contributed by atoms with Crippen LogP contribution in [0.2, 0.25) is 5.02 Å². The number of carbonyl (C=O) groups excluding carboxylic acids is 2. The maximum Gasteiger partial charge on any atom is 0.408 e. The monoisotopic (exact) mass is 381 g/mol. The second kappa shape index (κ2) is 8.73. The standard InChI is InChI=1S/C19H28ClN3O3/c1-13-11-15(20)6-5-14(13)12-16(22-18(25)26-19(2,3)4)17(24)23-9-7-21-8-10-23/h5-6,11,16,21H,7-10,12H2,1-4H3,(H,22,25). The van der Waals surface area contributed by atoms with E-state index in [4.69, 9.17) is 16.3 Å². The van der Waals surface area contributed by atoms with E-state index in [9.17, 15) is 9.59 Å². The maximum atomic E-state index is 13.0. The van der Waals surface area contributed by atoms with Crippen LogP contribution in [0.15, 0.2) is 18.2 Å². The number of aryl methyl sites for hydroxylation is 1. The Balaban J connectivity index is 2.16. The zero-order valence-corrected chi connectivity index (χ0v) is 16.7. The third-order valence-electron chi connectivity index (χ3n) is 4.15. The molecule has 2 amide bonds. The molecule has 2 N–H and O–H groups in total. The Bertz CT molecular complexity index is 652. The van der Waals surface area contributed by atoms with Crippen LogP contribution in [-0.2, 0) is 16.0 Å². The summed E-state index contributed by atoms with van der Waals surface area (Å²) in [5.41, 5.74) is 1.34. The first-order valence-corrected chi connectivity index (χ1v) is 9.27. The minimum atomic E-state index is -0.678. The van der Waals surface area contributed by atoms with Crippen molar-refractivity contribution in [3.05, 3.63) is 34.3 Å². The molecule has 1 aliphatic rings. The number of rotatable bonds is 4. The Morgan fingerprint density at radius 2 is 1.96 bits per heavy atom. The molecule has 144 valence electrons. The van der Waals surface area contributed by atoms with Crippen molar-refractivity contribution >= 4 is 23.6 Å². The fourth-order valence-electron chi connectivity index (χ4n) is 2.86. The molecule has 7 heteroatoms. The van der Waals surface area contributed by atoms with Gasteiger partial charge in [0.25, 0.3) is 0 Å². The number of piperazine rings is 1. The lowest BCUT2D eigenvalue weighted by atomic mass is 10.00. The molecule has 1 aromatic rings. The van der Waals surface area contributed by atoms with Gasteiger partial charge in [-0.25, -0.2) is 4.79 Å². The van der Waals surface area contributed by atoms with Crippen molar-refractivity contribution in [1.82, 2.24) is 15.5 Å². The normalized spacial score (nSPS) is 16.1. The van der Waals surface area contributed by atoms with Gasteiger partial charge in [0, 0.05) is 37.6 Å². The second-order valence-corrected chi connectivity index (χ2v) is 7.99. The highest BCUT2D eigenvalue weighted by Gasteiger charge is 2.29. The first-order valence-electron chi connectivity index (χ1n) is 8.90. The van der Waals surface area contributed by atoms with Gasteiger partial charge in [0.2, 0.25) is 5.91 Å². The summed E-state index contributed by atoms with van der Waals surface area (Å²) in [6.07, 6.45) is -0.192. The molecule has 1 aromatic carbocycles. The predicted octanol–water partition coefficient (Wildman–Crippen LogP) is 2.52. The van der Waals surface area contributed by atoms with Crippen molar-refractivity contribution in [2.45, 2.75) is 45.8 Å². The summed E-state index contributed by atoms with van der Waals surface area (Å²) in [6, 6.07) is 4.87. The van der Waals surface area contributed by atoms with Gasteiger partial charge in [-0.3, -0.25) is 4.79 Å². The highest BCUT2D eigenvalue weighted by molar-refractivity contribution is 6.30. The SMILES string of the molecule is Cc1cc(Cl)ccc1CC(NC(=O)OC(C)(C)C)C(=O)N1CCNCC1. The van der Waals surface area contributed by atoms with E-state index in [0.717, 1.165) is 24.2 Å². The highest BCUT2D eigenvalue weighted by Crippen LogP contribution is 2.18. The molecule has 0 aromatic heterocycles. The Hall–Kier alpha value is -1.79. The van der Waals surface area contributed by atoms with E-state index in [0.29, 0.717) is 24.5 Å². The predicted molar refractivity (Wildman–Crippen MR) is 103 cm³/mol. The van der Waals surface area contributed by atoms with Crippen LogP contribution in [0.4, 0.5) is 4.79 Å². The summed E-state index contributed by atoms with van der Waals surface area (Å²) >= 11 is 6.02. The average molecular weight is 382 g/mol. The van der Waals surface area contributed by atoms with Gasteiger partial charge in [-0.2, -0.15) is 0 Å². The van der Waals surface area contributed by atoms with Crippen molar-refractivity contribution in [2.75, 3.05) is 26.2 Å². The number of hydrogen-bond donors (Lipinski definition) is 2. The molecule has 1 saturated heterocycles. The number of nitrogens with zero attached hydrogens (tertiary/aromatic N) is 1. The number of carbonyl (C=O) groups is 2. The zero-order chi connectivity index (χ0) is 19.3. The van der Waals surface area contributed by atoms with Crippen LogP contribution in [-0.4, -0.2) is 54.7 Å². The summed E-state index contributed by atoms with van der Waals surface area (Å²) in [4.78, 5) is 27.0. The van der Waals surface area contributed by atoms with Crippen molar-refractivity contribution in [3.63, 3.8) is 0 Å². The van der Waals surface area contributed by atoms with Crippen LogP contribution < -0.4 is 10.6 Å². The zero-order valence-electron chi connectivity index (χ0n) is 15.9. The number of nitrogens with one attached hydrogen (secondary N) is 2. The molecule has 0 radical (unpaired) electrons. The minimum absolute atomic E-state index is 0.0910. The van der Waals surface area contributed by atoms with Gasteiger partial charge in [-0.15, -0.1) is 0 Å². The number of alkyl carbamates (subject to hydrolysis) is 1. The summed E-state index contributed by atoms with van der Waals surface area (Å²) < 4.78 is 5.34. The van der Waals surface area contributed by atoms with Crippen LogP contribution >= 0.6 is 11.6 Å². The van der Waals surface area contributed by atoms with Gasteiger partial charge >= 0.3 is 6.09 Å². The number of ether oxygens (including phenoxy) is 1. The molecule has 0 aliphatic carbocycles. The minimum Gasteiger partial charge on any atom is -0.444 e. The van der Waals surface area contributed by atoms with E-state index in [-0.39, 0.29) is 5.91 Å². The first kappa shape index (κ1) is 20.5. The van der Waals surface area contributed by atoms with Gasteiger partial charge in [0.1, 0.15) is 11.6 Å². The first-order chi connectivity index (χ1) is 12.2. The Kier molecular flexibility index (Phi) is 6.89. The molecular weight excluding hydrogens is 354 g/mol. The lowest BCUT2D eigenvalue weighted by molar-refractivity contribution is -0.134. The summed E-state index contributed by atoms with van der Waals surface area (Å²) in [7, 11) is 0. The Labute approximate surface area is 160 Å².